The topological polar surface area (TPSA) is 130 Å². The number of rotatable bonds is 8. The van der Waals surface area contributed by atoms with Crippen LogP contribution in [-0.4, -0.2) is 37.1 Å². The number of carboxylic acids is 1. The Morgan fingerprint density at radius 1 is 0.925 bits per heavy atom. The maximum atomic E-state index is 12.6. The highest BCUT2D eigenvalue weighted by Gasteiger charge is 2.23. The fourth-order valence-corrected chi connectivity index (χ4v) is 4.76. The van der Waals surface area contributed by atoms with Crippen LogP contribution in [-0.2, 0) is 11.3 Å². The molecule has 0 bridgehead atoms. The molecule has 3 N–H and O–H groups in total. The van der Waals surface area contributed by atoms with Gasteiger partial charge < -0.3 is 19.9 Å². The number of amides is 1. The van der Waals surface area contributed by atoms with Crippen molar-refractivity contribution < 1.29 is 24.2 Å². The molecule has 9 nitrogen and oxygen atoms in total. The molecule has 0 aliphatic carbocycles. The largest absolute Gasteiger partial charge is 0.507 e. The monoisotopic (exact) mass is 532 g/mol. The van der Waals surface area contributed by atoms with Crippen molar-refractivity contribution in [2.45, 2.75) is 19.4 Å². The van der Waals surface area contributed by atoms with Crippen molar-refractivity contribution >= 4 is 39.3 Å². The Morgan fingerprint density at radius 3 is 2.50 bits per heavy atom. The van der Waals surface area contributed by atoms with Crippen molar-refractivity contribution in [2.75, 3.05) is 5.32 Å². The number of carbonyl (C=O) groups is 2. The molecule has 0 atom stereocenters. The minimum Gasteiger partial charge on any atom is -0.507 e. The van der Waals surface area contributed by atoms with Crippen LogP contribution in [0.1, 0.15) is 23.2 Å². The Hall–Kier alpha value is -5.44. The SMILES string of the molecule is O=C(CCCn1cc(-c2c(-c3ccccc3)oc3cc(O)c(C(=O)O)cc23)nn1)Nc1ccc2ccccc2c1. The maximum absolute atomic E-state index is 12.6. The summed E-state index contributed by atoms with van der Waals surface area (Å²) in [4.78, 5) is 24.2. The molecular formula is C31H24N4O5. The lowest BCUT2D eigenvalue weighted by atomic mass is 10.0. The number of aromatic carboxylic acids is 1. The van der Waals surface area contributed by atoms with Crippen molar-refractivity contribution in [1.29, 1.82) is 0 Å². The smallest absolute Gasteiger partial charge is 0.339 e. The zero-order valence-electron chi connectivity index (χ0n) is 21.2. The van der Waals surface area contributed by atoms with Crippen LogP contribution in [0.4, 0.5) is 5.69 Å². The number of aromatic hydroxyl groups is 1. The van der Waals surface area contributed by atoms with Gasteiger partial charge in [-0.25, -0.2) is 4.79 Å². The van der Waals surface area contributed by atoms with Gasteiger partial charge in [-0.2, -0.15) is 0 Å². The van der Waals surface area contributed by atoms with Crippen LogP contribution in [0.15, 0.2) is 95.5 Å². The Kier molecular flexibility index (Phi) is 6.45. The van der Waals surface area contributed by atoms with Gasteiger partial charge in [0.25, 0.3) is 0 Å². The molecule has 4 aromatic carbocycles. The number of carboxylic acid groups (broad SMARTS) is 1. The summed E-state index contributed by atoms with van der Waals surface area (Å²) in [6.07, 6.45) is 2.58. The van der Waals surface area contributed by atoms with E-state index < -0.39 is 5.97 Å². The second-order valence-electron chi connectivity index (χ2n) is 9.42. The average Bonchev–Trinajstić information content (AvgIpc) is 3.57. The summed E-state index contributed by atoms with van der Waals surface area (Å²) in [5.74, 6) is -1.24. The minimum absolute atomic E-state index is 0.0937. The highest BCUT2D eigenvalue weighted by molar-refractivity contribution is 6.05. The van der Waals surface area contributed by atoms with Crippen LogP contribution in [0.3, 0.4) is 0 Å². The van der Waals surface area contributed by atoms with Crippen molar-refractivity contribution in [2.24, 2.45) is 0 Å². The first-order valence-electron chi connectivity index (χ1n) is 12.7. The summed E-state index contributed by atoms with van der Waals surface area (Å²) >= 11 is 0. The molecule has 0 spiro atoms. The molecule has 2 heterocycles. The third kappa shape index (κ3) is 4.88. The number of carbonyl (C=O) groups excluding carboxylic acids is 1. The zero-order valence-corrected chi connectivity index (χ0v) is 21.2. The summed E-state index contributed by atoms with van der Waals surface area (Å²) in [5.41, 5.74) is 2.67. The zero-order chi connectivity index (χ0) is 27.6. The number of fused-ring (bicyclic) bond motifs is 2. The van der Waals surface area contributed by atoms with E-state index >= 15 is 0 Å². The van der Waals surface area contributed by atoms with Crippen LogP contribution < -0.4 is 5.32 Å². The van der Waals surface area contributed by atoms with Gasteiger partial charge >= 0.3 is 5.97 Å². The van der Waals surface area contributed by atoms with Gasteiger partial charge in [0.2, 0.25) is 5.91 Å². The Bertz CT molecular complexity index is 1870. The Balaban J connectivity index is 1.21. The lowest BCUT2D eigenvalue weighted by molar-refractivity contribution is -0.116. The van der Waals surface area contributed by atoms with Gasteiger partial charge in [-0.05, 0) is 35.4 Å². The molecule has 0 saturated heterocycles. The average molecular weight is 533 g/mol. The Morgan fingerprint density at radius 2 is 1.70 bits per heavy atom. The molecule has 6 rings (SSSR count). The highest BCUT2D eigenvalue weighted by atomic mass is 16.4. The van der Waals surface area contributed by atoms with Gasteiger partial charge in [0.15, 0.2) is 0 Å². The van der Waals surface area contributed by atoms with Crippen molar-refractivity contribution in [3.63, 3.8) is 0 Å². The van der Waals surface area contributed by atoms with E-state index in [4.69, 9.17) is 4.42 Å². The number of hydrogen-bond donors (Lipinski definition) is 3. The predicted octanol–water partition coefficient (Wildman–Crippen LogP) is 6.33. The van der Waals surface area contributed by atoms with Crippen molar-refractivity contribution in [3.8, 4) is 28.3 Å². The van der Waals surface area contributed by atoms with Crippen molar-refractivity contribution in [1.82, 2.24) is 15.0 Å². The summed E-state index contributed by atoms with van der Waals surface area (Å²) in [6.45, 7) is 0.454. The number of phenols is 1. The fourth-order valence-electron chi connectivity index (χ4n) is 4.76. The molecule has 2 aromatic heterocycles. The van der Waals surface area contributed by atoms with Gasteiger partial charge in [-0.15, -0.1) is 5.10 Å². The molecule has 9 heteroatoms. The number of nitrogens with one attached hydrogen (secondary N) is 1. The predicted molar refractivity (Wildman–Crippen MR) is 151 cm³/mol. The first-order valence-corrected chi connectivity index (χ1v) is 12.7. The molecule has 40 heavy (non-hydrogen) atoms. The molecule has 6 aromatic rings. The van der Waals surface area contributed by atoms with E-state index in [1.54, 1.807) is 10.9 Å². The first kappa shape index (κ1) is 24.9. The lowest BCUT2D eigenvalue weighted by Crippen LogP contribution is -2.12. The van der Waals surface area contributed by atoms with Gasteiger partial charge in [-0.3, -0.25) is 9.48 Å². The van der Waals surface area contributed by atoms with Crippen LogP contribution in [0, 0.1) is 0 Å². The number of benzene rings is 4. The summed E-state index contributed by atoms with van der Waals surface area (Å²) < 4.78 is 7.72. The van der Waals surface area contributed by atoms with Crippen LogP contribution >= 0.6 is 0 Å². The molecule has 0 radical (unpaired) electrons. The fraction of sp³-hybridized carbons (Fsp3) is 0.0968. The number of nitrogens with zero attached hydrogens (tertiary/aromatic N) is 3. The molecule has 0 aliphatic rings. The molecule has 198 valence electrons. The second-order valence-corrected chi connectivity index (χ2v) is 9.42. The maximum Gasteiger partial charge on any atom is 0.339 e. The van der Waals surface area contributed by atoms with Gasteiger partial charge in [0.1, 0.15) is 28.4 Å². The standard InChI is InChI=1S/C31H24N4O5/c36-26-17-27-24(16-23(26)31(38)39)29(30(40-27)20-8-2-1-3-9-20)25-18-35(34-33-25)14-6-11-28(37)32-22-13-12-19-7-4-5-10-21(19)15-22/h1-5,7-10,12-13,15-18,36H,6,11,14H2,(H,32,37)(H,38,39). The number of furan rings is 1. The van der Waals surface area contributed by atoms with E-state index in [9.17, 15) is 19.8 Å². The van der Waals surface area contributed by atoms with Crippen LogP contribution in [0.5, 0.6) is 5.75 Å². The van der Waals surface area contributed by atoms with E-state index in [0.29, 0.717) is 47.4 Å². The highest BCUT2D eigenvalue weighted by Crippen LogP contribution is 2.42. The minimum atomic E-state index is -1.25. The van der Waals surface area contributed by atoms with Crippen LogP contribution in [0.25, 0.3) is 44.3 Å². The number of aromatic nitrogens is 3. The molecule has 0 aliphatic heterocycles. The lowest BCUT2D eigenvalue weighted by Gasteiger charge is -2.06. The van der Waals surface area contributed by atoms with E-state index in [2.05, 4.69) is 15.6 Å². The van der Waals surface area contributed by atoms with Gasteiger partial charge in [-0.1, -0.05) is 65.9 Å². The molecular weight excluding hydrogens is 508 g/mol. The number of aryl methyl sites for hydroxylation is 1. The van der Waals surface area contributed by atoms with Gasteiger partial charge in [0, 0.05) is 35.7 Å². The Labute approximate surface area is 228 Å². The first-order chi connectivity index (χ1) is 19.5. The molecule has 1 amide bonds. The number of hydrogen-bond acceptors (Lipinski definition) is 6. The molecule has 0 saturated carbocycles. The van der Waals surface area contributed by atoms with E-state index in [1.807, 2.05) is 72.8 Å². The summed E-state index contributed by atoms with van der Waals surface area (Å²) in [5, 5.41) is 33.9. The summed E-state index contributed by atoms with van der Waals surface area (Å²) in [6, 6.07) is 25.8. The quantitative estimate of drug-likeness (QED) is 0.209. The second kappa shape index (κ2) is 10.4. The van der Waals surface area contributed by atoms with Crippen molar-refractivity contribution in [3.05, 3.63) is 96.7 Å². The third-order valence-corrected chi connectivity index (χ3v) is 6.69. The normalized spacial score (nSPS) is 11.2. The van der Waals surface area contributed by atoms with Gasteiger partial charge in [0.05, 0.1) is 11.8 Å². The van der Waals surface area contributed by atoms with E-state index in [1.165, 1.54) is 12.1 Å². The number of anilines is 1. The van der Waals surface area contributed by atoms with E-state index in [0.717, 1.165) is 22.0 Å². The van der Waals surface area contributed by atoms with E-state index in [-0.39, 0.29) is 17.2 Å². The van der Waals surface area contributed by atoms with Crippen LogP contribution in [0.2, 0.25) is 0 Å². The molecule has 0 fully saturated rings. The molecule has 0 unspecified atom stereocenters. The summed E-state index contributed by atoms with van der Waals surface area (Å²) in [7, 11) is 0. The third-order valence-electron chi connectivity index (χ3n) is 6.69.